The van der Waals surface area contributed by atoms with Crippen LogP contribution in [0.3, 0.4) is 0 Å². The van der Waals surface area contributed by atoms with Gasteiger partial charge in [-0.25, -0.2) is 0 Å². The summed E-state index contributed by atoms with van der Waals surface area (Å²) in [5, 5.41) is 0. The highest BCUT2D eigenvalue weighted by atomic mass is 28.3. The molecule has 0 saturated carbocycles. The third-order valence-electron chi connectivity index (χ3n) is 4.91. The molecule has 2 atom stereocenters. The summed E-state index contributed by atoms with van der Waals surface area (Å²) in [5.41, 5.74) is 2.18. The number of allylic oxidation sites excluding steroid dienone is 2. The molecule has 29 heavy (non-hydrogen) atoms. The highest BCUT2D eigenvalue weighted by Gasteiger charge is 2.23. The first-order valence-electron chi connectivity index (χ1n) is 9.91. The molecule has 0 radical (unpaired) electrons. The summed E-state index contributed by atoms with van der Waals surface area (Å²) in [6, 6.07) is 17.4. The van der Waals surface area contributed by atoms with Gasteiger partial charge in [-0.3, -0.25) is 0 Å². The van der Waals surface area contributed by atoms with Gasteiger partial charge in [0, 0.05) is 5.41 Å². The van der Waals surface area contributed by atoms with E-state index in [9.17, 15) is 9.59 Å². The monoisotopic (exact) mass is 428 g/mol. The summed E-state index contributed by atoms with van der Waals surface area (Å²) in [6.07, 6.45) is 4.27. The number of hydrogen-bond donors (Lipinski definition) is 2. The van der Waals surface area contributed by atoms with Crippen LogP contribution in [0.25, 0.3) is 0 Å². The maximum atomic E-state index is 9.88. The van der Waals surface area contributed by atoms with E-state index >= 15 is 0 Å². The number of benzene rings is 2. The molecule has 0 aromatic heterocycles. The predicted molar refractivity (Wildman–Crippen MR) is 125 cm³/mol. The van der Waals surface area contributed by atoms with Gasteiger partial charge in [-0.05, 0) is 47.5 Å². The van der Waals surface area contributed by atoms with E-state index in [2.05, 4.69) is 51.3 Å². The van der Waals surface area contributed by atoms with Crippen molar-refractivity contribution in [1.82, 2.24) is 0 Å². The van der Waals surface area contributed by atoms with Crippen LogP contribution in [0.15, 0.2) is 73.8 Å². The van der Waals surface area contributed by atoms with Crippen molar-refractivity contribution in [3.63, 3.8) is 0 Å². The van der Waals surface area contributed by atoms with E-state index in [0.29, 0.717) is 24.5 Å². The van der Waals surface area contributed by atoms with Gasteiger partial charge in [-0.1, -0.05) is 50.3 Å². The molecule has 0 aliphatic rings. The molecule has 0 aliphatic carbocycles. The second-order valence-corrected chi connectivity index (χ2v) is 11.9. The largest absolute Gasteiger partial charge is 0.495 e. The molecule has 4 nitrogen and oxygen atoms in total. The zero-order chi connectivity index (χ0) is 21.3. The van der Waals surface area contributed by atoms with Crippen LogP contribution in [0.1, 0.15) is 25.0 Å². The molecule has 156 valence electrons. The second-order valence-electron chi connectivity index (χ2n) is 7.65. The Hall–Kier alpha value is -2.13. The fourth-order valence-electron chi connectivity index (χ4n) is 3.01. The molecular weight excluding hydrogens is 396 g/mol. The maximum Gasteiger partial charge on any atom is 0.214 e. The molecule has 2 aromatic carbocycles. The van der Waals surface area contributed by atoms with Crippen LogP contribution in [0.5, 0.6) is 11.5 Å². The highest BCUT2D eigenvalue weighted by molar-refractivity contribution is 6.51. The molecule has 0 bridgehead atoms. The highest BCUT2D eigenvalue weighted by Crippen LogP contribution is 2.33. The molecule has 0 amide bonds. The van der Waals surface area contributed by atoms with Gasteiger partial charge in [0.05, 0.1) is 0 Å². The van der Waals surface area contributed by atoms with Crippen molar-refractivity contribution >= 4 is 18.1 Å². The van der Waals surface area contributed by atoms with E-state index in [1.165, 1.54) is 11.1 Å². The van der Waals surface area contributed by atoms with Crippen LogP contribution >= 0.6 is 0 Å². The quantitative estimate of drug-likeness (QED) is 0.400. The molecule has 2 N–H and O–H groups in total. The average Bonchev–Trinajstić information content (AvgIpc) is 2.72. The van der Waals surface area contributed by atoms with Gasteiger partial charge in [0.2, 0.25) is 18.1 Å². The van der Waals surface area contributed by atoms with Crippen molar-refractivity contribution in [1.29, 1.82) is 0 Å². The Morgan fingerprint density at radius 2 is 1.10 bits per heavy atom. The van der Waals surface area contributed by atoms with Gasteiger partial charge in [-0.15, -0.1) is 13.2 Å². The Balaban J connectivity index is 2.00. The van der Waals surface area contributed by atoms with Crippen LogP contribution in [-0.2, 0) is 5.41 Å². The molecule has 2 aromatic rings. The maximum absolute atomic E-state index is 9.88. The zero-order valence-corrected chi connectivity index (χ0v) is 19.7. The minimum atomic E-state index is -1.86. The van der Waals surface area contributed by atoms with Crippen LogP contribution in [0.4, 0.5) is 0 Å². The first-order valence-corrected chi connectivity index (χ1v) is 14.2. The predicted octanol–water partition coefficient (Wildman–Crippen LogP) is 3.65. The average molecular weight is 429 g/mol. The van der Waals surface area contributed by atoms with Gasteiger partial charge in [0.1, 0.15) is 24.0 Å². The van der Waals surface area contributed by atoms with Gasteiger partial charge in [0.15, 0.2) is 0 Å². The molecule has 0 saturated heterocycles. The summed E-state index contributed by atoms with van der Waals surface area (Å²) in [5.74, 6) is 1.54. The molecular formula is C23H32O4Si2. The van der Waals surface area contributed by atoms with E-state index in [-0.39, 0.29) is 5.41 Å². The molecule has 0 fully saturated rings. The lowest BCUT2D eigenvalue weighted by molar-refractivity contribution is 0.357. The molecule has 6 heteroatoms. The Bertz CT molecular complexity index is 707. The minimum absolute atomic E-state index is 0.175. The van der Waals surface area contributed by atoms with E-state index in [0.717, 1.165) is 11.5 Å². The van der Waals surface area contributed by atoms with E-state index in [1.807, 2.05) is 24.3 Å². The topological polar surface area (TPSA) is 58.9 Å². The van der Waals surface area contributed by atoms with Crippen molar-refractivity contribution in [3.05, 3.63) is 85.0 Å². The third kappa shape index (κ3) is 7.01. The SMILES string of the molecule is C=CC[SiH](O)COc1ccc(C(C)(C)c2ccc(OC[SiH](O)CC=C)cc2)cc1. The van der Waals surface area contributed by atoms with Crippen molar-refractivity contribution < 1.29 is 19.1 Å². The number of hydrogen-bond acceptors (Lipinski definition) is 4. The molecule has 2 rings (SSSR count). The first-order chi connectivity index (χ1) is 13.9. The van der Waals surface area contributed by atoms with Crippen LogP contribution in [-0.4, -0.2) is 40.1 Å². The first kappa shape index (κ1) is 23.2. The van der Waals surface area contributed by atoms with Gasteiger partial charge < -0.3 is 19.1 Å². The van der Waals surface area contributed by atoms with Crippen molar-refractivity contribution in [2.45, 2.75) is 31.4 Å². The van der Waals surface area contributed by atoms with Crippen LogP contribution in [0, 0.1) is 0 Å². The fourth-order valence-corrected chi connectivity index (χ4v) is 4.82. The Morgan fingerprint density at radius 3 is 1.41 bits per heavy atom. The Morgan fingerprint density at radius 1 is 0.759 bits per heavy atom. The molecule has 0 heterocycles. The normalized spacial score (nSPS) is 13.4. The summed E-state index contributed by atoms with van der Waals surface area (Å²) in [6.45, 7) is 11.7. The summed E-state index contributed by atoms with van der Waals surface area (Å²) in [7, 11) is -3.72. The molecule has 2 unspecified atom stereocenters. The van der Waals surface area contributed by atoms with Gasteiger partial charge in [-0.2, -0.15) is 0 Å². The summed E-state index contributed by atoms with van der Waals surface area (Å²) >= 11 is 0. The van der Waals surface area contributed by atoms with Crippen molar-refractivity contribution in [2.75, 3.05) is 12.5 Å². The zero-order valence-electron chi connectivity index (χ0n) is 17.4. The van der Waals surface area contributed by atoms with E-state index in [1.54, 1.807) is 12.2 Å². The van der Waals surface area contributed by atoms with Crippen molar-refractivity contribution in [2.24, 2.45) is 0 Å². The minimum Gasteiger partial charge on any atom is -0.495 e. The number of rotatable bonds is 12. The lowest BCUT2D eigenvalue weighted by atomic mass is 9.78. The van der Waals surface area contributed by atoms with Crippen LogP contribution < -0.4 is 9.47 Å². The summed E-state index contributed by atoms with van der Waals surface area (Å²) < 4.78 is 11.4. The van der Waals surface area contributed by atoms with E-state index in [4.69, 9.17) is 9.47 Å². The molecule has 0 aliphatic heterocycles. The van der Waals surface area contributed by atoms with Gasteiger partial charge in [0.25, 0.3) is 0 Å². The Labute approximate surface area is 177 Å². The standard InChI is InChI=1S/C23H32O4Si2/c1-5-15-28(24)17-26-21-11-7-19(8-12-21)23(3,4)20-9-13-22(14-10-20)27-18-29(25)16-6-2/h5-14,24-25,28-29H,1-2,15-18H2,3-4H3. The third-order valence-corrected chi connectivity index (χ3v) is 7.77. The van der Waals surface area contributed by atoms with E-state index < -0.39 is 18.1 Å². The van der Waals surface area contributed by atoms with Crippen LogP contribution in [0.2, 0.25) is 12.1 Å². The Kier molecular flexibility index (Phi) is 8.91. The lowest BCUT2D eigenvalue weighted by Crippen LogP contribution is -2.22. The summed E-state index contributed by atoms with van der Waals surface area (Å²) in [4.78, 5) is 19.8. The van der Waals surface area contributed by atoms with Crippen molar-refractivity contribution in [3.8, 4) is 11.5 Å². The number of ether oxygens (including phenoxy) is 2. The smallest absolute Gasteiger partial charge is 0.214 e. The molecule has 0 spiro atoms. The lowest BCUT2D eigenvalue weighted by Gasteiger charge is -2.26. The fraction of sp³-hybridized carbons (Fsp3) is 0.304. The second kappa shape index (κ2) is 11.2. The van der Waals surface area contributed by atoms with Gasteiger partial charge >= 0.3 is 0 Å².